The van der Waals surface area contributed by atoms with Crippen LogP contribution in [0.15, 0.2) is 77.7 Å². The van der Waals surface area contributed by atoms with Crippen LogP contribution in [0.2, 0.25) is 0 Å². The molecule has 0 radical (unpaired) electrons. The summed E-state index contributed by atoms with van der Waals surface area (Å²) < 4.78 is 7.16. The highest BCUT2D eigenvalue weighted by molar-refractivity contribution is 8.26. The Labute approximate surface area is 221 Å². The molecule has 36 heavy (non-hydrogen) atoms. The highest BCUT2D eigenvalue weighted by Crippen LogP contribution is 2.35. The van der Waals surface area contributed by atoms with Crippen LogP contribution in [0.5, 0.6) is 5.75 Å². The monoisotopic (exact) mass is 532 g/mol. The number of carbonyl (C=O) groups excluding carboxylic acids is 2. The molecule has 0 unspecified atom stereocenters. The molecule has 0 aliphatic carbocycles. The number of para-hydroxylation sites is 2. The molecule has 2 amide bonds. The smallest absolute Gasteiger partial charge is 0.285 e. The lowest BCUT2D eigenvalue weighted by Crippen LogP contribution is -2.33. The van der Waals surface area contributed by atoms with Crippen LogP contribution < -0.4 is 15.5 Å². The summed E-state index contributed by atoms with van der Waals surface area (Å²) in [5.41, 5.74) is 6.36. The zero-order valence-electron chi connectivity index (χ0n) is 19.1. The Morgan fingerprint density at radius 1 is 1.08 bits per heavy atom. The molecule has 0 spiro atoms. The van der Waals surface area contributed by atoms with Gasteiger partial charge in [0.25, 0.3) is 11.8 Å². The number of benzene rings is 3. The van der Waals surface area contributed by atoms with Crippen molar-refractivity contribution in [1.29, 1.82) is 0 Å². The second kappa shape index (κ2) is 10.5. The first-order valence-corrected chi connectivity index (χ1v) is 13.0. The molecule has 7 nitrogen and oxygen atoms in total. The number of amides is 2. The fraction of sp³-hybridized carbons (Fsp3) is 0.0769. The number of hydrogen-bond donors (Lipinski definition) is 2. The summed E-state index contributed by atoms with van der Waals surface area (Å²) in [6.07, 6.45) is 1.71. The van der Waals surface area contributed by atoms with E-state index in [-0.39, 0.29) is 18.4 Å². The van der Waals surface area contributed by atoms with E-state index in [9.17, 15) is 9.59 Å². The molecule has 1 aliphatic rings. The zero-order chi connectivity index (χ0) is 25.1. The van der Waals surface area contributed by atoms with Gasteiger partial charge in [-0.1, -0.05) is 71.1 Å². The summed E-state index contributed by atoms with van der Waals surface area (Å²) in [4.78, 5) is 30.4. The number of anilines is 2. The van der Waals surface area contributed by atoms with Crippen molar-refractivity contribution in [2.24, 2.45) is 0 Å². The summed E-state index contributed by atoms with van der Waals surface area (Å²) in [5.74, 6) is -0.0721. The Balaban J connectivity index is 1.27. The zero-order valence-corrected chi connectivity index (χ0v) is 21.5. The largest absolute Gasteiger partial charge is 0.483 e. The number of hydrogen-bond acceptors (Lipinski definition) is 8. The average Bonchev–Trinajstić information content (AvgIpc) is 3.40. The van der Waals surface area contributed by atoms with Crippen LogP contribution in [0, 0.1) is 6.92 Å². The Bertz CT molecular complexity index is 1460. The van der Waals surface area contributed by atoms with Crippen LogP contribution in [0.25, 0.3) is 16.3 Å². The number of nitrogens with zero attached hydrogens (tertiary/aromatic N) is 2. The molecule has 5 rings (SSSR count). The van der Waals surface area contributed by atoms with Crippen molar-refractivity contribution < 1.29 is 14.3 Å². The Morgan fingerprint density at radius 2 is 1.83 bits per heavy atom. The first-order chi connectivity index (χ1) is 17.5. The van der Waals surface area contributed by atoms with Gasteiger partial charge in [0, 0.05) is 11.3 Å². The number of ether oxygens (including phenoxy) is 1. The van der Waals surface area contributed by atoms with Gasteiger partial charge in [0.2, 0.25) is 5.13 Å². The summed E-state index contributed by atoms with van der Waals surface area (Å²) in [7, 11) is 0. The van der Waals surface area contributed by atoms with Crippen molar-refractivity contribution in [2.45, 2.75) is 6.92 Å². The van der Waals surface area contributed by atoms with Crippen molar-refractivity contribution >= 4 is 78.6 Å². The van der Waals surface area contributed by atoms with E-state index in [2.05, 4.69) is 15.7 Å². The molecule has 180 valence electrons. The van der Waals surface area contributed by atoms with Crippen molar-refractivity contribution in [3.63, 3.8) is 0 Å². The van der Waals surface area contributed by atoms with Crippen molar-refractivity contribution in [1.82, 2.24) is 9.99 Å². The molecular weight excluding hydrogens is 513 g/mol. The molecular formula is C26H20N4O3S3. The maximum Gasteiger partial charge on any atom is 0.285 e. The number of fused-ring (bicyclic) bond motifs is 1. The lowest BCUT2D eigenvalue weighted by Gasteiger charge is -2.14. The lowest BCUT2D eigenvalue weighted by atomic mass is 10.2. The first-order valence-electron chi connectivity index (χ1n) is 10.9. The molecule has 0 saturated carbocycles. The van der Waals surface area contributed by atoms with Gasteiger partial charge in [-0.3, -0.25) is 15.0 Å². The molecule has 10 heteroatoms. The van der Waals surface area contributed by atoms with Gasteiger partial charge in [0.15, 0.2) is 10.9 Å². The van der Waals surface area contributed by atoms with E-state index in [1.165, 1.54) is 28.1 Å². The number of thioether (sulfide) groups is 1. The normalized spacial score (nSPS) is 14.5. The van der Waals surface area contributed by atoms with Gasteiger partial charge in [-0.2, -0.15) is 5.01 Å². The van der Waals surface area contributed by atoms with E-state index in [4.69, 9.17) is 17.0 Å². The second-order valence-electron chi connectivity index (χ2n) is 7.86. The third-order valence-corrected chi connectivity index (χ3v) is 7.44. The third-order valence-electron chi connectivity index (χ3n) is 5.19. The van der Waals surface area contributed by atoms with E-state index in [0.717, 1.165) is 15.8 Å². The molecule has 4 aromatic rings. The summed E-state index contributed by atoms with van der Waals surface area (Å²) in [6.45, 7) is 1.81. The van der Waals surface area contributed by atoms with Crippen LogP contribution in [0.4, 0.5) is 10.8 Å². The topological polar surface area (TPSA) is 83.6 Å². The summed E-state index contributed by atoms with van der Waals surface area (Å²) >= 11 is 8.07. The van der Waals surface area contributed by atoms with Gasteiger partial charge in [-0.15, -0.1) is 0 Å². The number of thiocarbonyl (C=S) groups is 1. The van der Waals surface area contributed by atoms with Gasteiger partial charge in [0.1, 0.15) is 5.75 Å². The van der Waals surface area contributed by atoms with E-state index in [1.807, 2.05) is 73.7 Å². The highest BCUT2D eigenvalue weighted by atomic mass is 32.2. The highest BCUT2D eigenvalue weighted by Gasteiger charge is 2.33. The average molecular weight is 533 g/mol. The minimum Gasteiger partial charge on any atom is -0.483 e. The van der Waals surface area contributed by atoms with E-state index >= 15 is 0 Å². The van der Waals surface area contributed by atoms with Gasteiger partial charge < -0.3 is 10.1 Å². The lowest BCUT2D eigenvalue weighted by molar-refractivity contribution is -0.121. The maximum absolute atomic E-state index is 13.1. The molecule has 2 N–H and O–H groups in total. The quantitative estimate of drug-likeness (QED) is 0.228. The summed E-state index contributed by atoms with van der Waals surface area (Å²) in [5, 5.41) is 4.71. The number of rotatable bonds is 7. The third kappa shape index (κ3) is 5.40. The molecule has 1 fully saturated rings. The molecule has 1 aromatic heterocycles. The fourth-order valence-corrected chi connectivity index (χ4v) is 5.45. The Morgan fingerprint density at radius 3 is 2.64 bits per heavy atom. The van der Waals surface area contributed by atoms with Crippen LogP contribution in [0.3, 0.4) is 0 Å². The van der Waals surface area contributed by atoms with Crippen molar-refractivity contribution in [2.75, 3.05) is 17.3 Å². The van der Waals surface area contributed by atoms with E-state index in [1.54, 1.807) is 12.1 Å². The SMILES string of the molecule is Cc1ccc(NC(=O)COc2ccccc2/C=C2\SC(=S)N(Nc3nc4ccccc4s3)C2=O)cc1. The summed E-state index contributed by atoms with van der Waals surface area (Å²) in [6, 6.07) is 22.5. The molecule has 1 saturated heterocycles. The van der Waals surface area contributed by atoms with Crippen LogP contribution in [0.1, 0.15) is 11.1 Å². The van der Waals surface area contributed by atoms with Gasteiger partial charge in [-0.05, 0) is 55.5 Å². The molecule has 2 heterocycles. The number of thiazole rings is 1. The maximum atomic E-state index is 13.1. The molecule has 0 bridgehead atoms. The molecule has 3 aromatic carbocycles. The molecule has 1 aliphatic heterocycles. The number of aryl methyl sites for hydroxylation is 1. The fourth-order valence-electron chi connectivity index (χ4n) is 3.43. The number of aromatic nitrogens is 1. The minimum atomic E-state index is -0.281. The minimum absolute atomic E-state index is 0.168. The second-order valence-corrected chi connectivity index (χ2v) is 10.6. The Kier molecular flexibility index (Phi) is 6.99. The number of hydrazine groups is 1. The number of carbonyl (C=O) groups is 2. The van der Waals surface area contributed by atoms with Crippen molar-refractivity contribution in [3.8, 4) is 5.75 Å². The Hall–Kier alpha value is -3.73. The van der Waals surface area contributed by atoms with Crippen molar-refractivity contribution in [3.05, 3.63) is 88.8 Å². The predicted octanol–water partition coefficient (Wildman–Crippen LogP) is 5.85. The van der Waals surface area contributed by atoms with Crippen LogP contribution in [-0.2, 0) is 9.59 Å². The van der Waals surface area contributed by atoms with E-state index in [0.29, 0.717) is 31.4 Å². The predicted molar refractivity (Wildman–Crippen MR) is 150 cm³/mol. The van der Waals surface area contributed by atoms with Crippen LogP contribution in [-0.4, -0.2) is 32.7 Å². The first kappa shape index (κ1) is 24.0. The van der Waals surface area contributed by atoms with Gasteiger partial charge in [0.05, 0.1) is 15.1 Å². The van der Waals surface area contributed by atoms with Gasteiger partial charge >= 0.3 is 0 Å². The van der Waals surface area contributed by atoms with Gasteiger partial charge in [-0.25, -0.2) is 4.98 Å². The molecule has 0 atom stereocenters. The standard InChI is InChI=1S/C26H20N4O3S3/c1-16-10-12-18(13-11-16)27-23(31)15-33-20-8-4-2-6-17(20)14-22-24(32)30(26(34)36-22)29-25-28-19-7-3-5-9-21(19)35-25/h2-14H,15H2,1H3,(H,27,31)(H,28,29)/b22-14-. The van der Waals surface area contributed by atoms with E-state index < -0.39 is 0 Å². The van der Waals surface area contributed by atoms with Crippen LogP contribution >= 0.6 is 35.3 Å². The number of nitrogens with one attached hydrogen (secondary N) is 2.